The summed E-state index contributed by atoms with van der Waals surface area (Å²) in [6.45, 7) is 2.09. The first-order chi connectivity index (χ1) is 12.0. The zero-order chi connectivity index (χ0) is 18.2. The topological polar surface area (TPSA) is 70.6 Å². The lowest BCUT2D eigenvalue weighted by molar-refractivity contribution is -0.120. The maximum Gasteiger partial charge on any atom is 0.272 e. The van der Waals surface area contributed by atoms with Crippen LogP contribution in [0.5, 0.6) is 0 Å². The highest BCUT2D eigenvalue weighted by atomic mass is 79.9. The predicted octanol–water partition coefficient (Wildman–Crippen LogP) is 3.91. The van der Waals surface area contributed by atoms with Crippen LogP contribution >= 0.6 is 27.5 Å². The zero-order valence-corrected chi connectivity index (χ0v) is 15.9. The van der Waals surface area contributed by atoms with Crippen molar-refractivity contribution < 1.29 is 9.59 Å². The second-order valence-electron chi connectivity index (χ2n) is 5.35. The van der Waals surface area contributed by atoms with Gasteiger partial charge >= 0.3 is 0 Å². The van der Waals surface area contributed by atoms with E-state index < -0.39 is 0 Å². The first-order valence-electron chi connectivity index (χ1n) is 7.55. The minimum atomic E-state index is -0.339. The summed E-state index contributed by atoms with van der Waals surface area (Å²) in [7, 11) is 0. The van der Waals surface area contributed by atoms with Crippen molar-refractivity contribution in [1.29, 1.82) is 0 Å². The Bertz CT molecular complexity index is 791. The predicted molar refractivity (Wildman–Crippen MR) is 103 cm³/mol. The van der Waals surface area contributed by atoms with E-state index >= 15 is 0 Å². The van der Waals surface area contributed by atoms with E-state index in [1.165, 1.54) is 0 Å². The van der Waals surface area contributed by atoms with Gasteiger partial charge in [-0.25, -0.2) is 5.43 Å². The fourth-order valence-electron chi connectivity index (χ4n) is 1.99. The van der Waals surface area contributed by atoms with Crippen molar-refractivity contribution in [1.82, 2.24) is 10.7 Å². The van der Waals surface area contributed by atoms with Crippen LogP contribution in [0.3, 0.4) is 0 Å². The van der Waals surface area contributed by atoms with Crippen molar-refractivity contribution in [3.63, 3.8) is 0 Å². The average molecular weight is 423 g/mol. The molecular formula is C18H17BrClN3O2. The molecule has 0 aliphatic carbocycles. The molecule has 0 fully saturated rings. The molecule has 5 nitrogen and oxygen atoms in total. The summed E-state index contributed by atoms with van der Waals surface area (Å²) in [5.41, 5.74) is 4.39. The summed E-state index contributed by atoms with van der Waals surface area (Å²) in [5.74, 6) is -0.514. The van der Waals surface area contributed by atoms with Crippen LogP contribution in [-0.4, -0.2) is 17.5 Å². The highest BCUT2D eigenvalue weighted by Crippen LogP contribution is 2.15. The maximum absolute atomic E-state index is 12.0. The molecule has 7 heteroatoms. The van der Waals surface area contributed by atoms with E-state index in [4.69, 9.17) is 11.6 Å². The summed E-state index contributed by atoms with van der Waals surface area (Å²) >= 11 is 9.13. The van der Waals surface area contributed by atoms with Gasteiger partial charge in [0, 0.05) is 21.8 Å². The second-order valence-corrected chi connectivity index (χ2v) is 6.64. The molecule has 0 aromatic heterocycles. The molecule has 130 valence electrons. The van der Waals surface area contributed by atoms with Crippen molar-refractivity contribution in [2.75, 3.05) is 0 Å². The lowest BCUT2D eigenvalue weighted by Crippen LogP contribution is -2.26. The molecule has 0 saturated heterocycles. The minimum Gasteiger partial charge on any atom is -0.352 e. The molecule has 0 unspecified atom stereocenters. The smallest absolute Gasteiger partial charge is 0.272 e. The number of hydrogen-bond donors (Lipinski definition) is 2. The number of amides is 2. The average Bonchev–Trinajstić information content (AvgIpc) is 2.59. The van der Waals surface area contributed by atoms with Gasteiger partial charge in [-0.2, -0.15) is 5.10 Å². The summed E-state index contributed by atoms with van der Waals surface area (Å²) < 4.78 is 0.682. The van der Waals surface area contributed by atoms with Crippen LogP contribution in [-0.2, 0) is 11.3 Å². The van der Waals surface area contributed by atoms with E-state index in [9.17, 15) is 9.59 Å². The number of hydrazone groups is 1. The molecular weight excluding hydrogens is 406 g/mol. The highest BCUT2D eigenvalue weighted by Gasteiger charge is 2.09. The number of nitrogens with zero attached hydrogens (tertiary/aromatic N) is 1. The van der Waals surface area contributed by atoms with Gasteiger partial charge in [0.25, 0.3) is 5.91 Å². The molecule has 0 radical (unpaired) electrons. The Balaban J connectivity index is 1.82. The molecule has 0 aliphatic heterocycles. The Morgan fingerprint density at radius 3 is 2.48 bits per heavy atom. The van der Waals surface area contributed by atoms with E-state index in [1.807, 2.05) is 18.2 Å². The zero-order valence-electron chi connectivity index (χ0n) is 13.6. The summed E-state index contributed by atoms with van der Waals surface area (Å²) in [6, 6.07) is 14.3. The fourth-order valence-corrected chi connectivity index (χ4v) is 2.58. The monoisotopic (exact) mass is 421 g/mol. The van der Waals surface area contributed by atoms with Gasteiger partial charge < -0.3 is 5.32 Å². The fraction of sp³-hybridized carbons (Fsp3) is 0.167. The van der Waals surface area contributed by atoms with Gasteiger partial charge in [-0.3, -0.25) is 9.59 Å². The van der Waals surface area contributed by atoms with E-state index in [2.05, 4.69) is 31.8 Å². The maximum atomic E-state index is 12.0. The van der Waals surface area contributed by atoms with Gasteiger partial charge in [0.05, 0.1) is 12.0 Å². The van der Waals surface area contributed by atoms with Crippen LogP contribution in [0, 0.1) is 0 Å². The van der Waals surface area contributed by atoms with Crippen LogP contribution in [0.1, 0.15) is 29.3 Å². The van der Waals surface area contributed by atoms with Crippen molar-refractivity contribution >= 4 is 45.1 Å². The summed E-state index contributed by atoms with van der Waals surface area (Å²) in [5, 5.41) is 7.41. The molecule has 0 heterocycles. The van der Waals surface area contributed by atoms with Crippen LogP contribution < -0.4 is 10.7 Å². The van der Waals surface area contributed by atoms with Gasteiger partial charge in [-0.15, -0.1) is 0 Å². The molecule has 0 spiro atoms. The van der Waals surface area contributed by atoms with Crippen LogP contribution in [0.4, 0.5) is 0 Å². The third-order valence-corrected chi connectivity index (χ3v) is 4.23. The number of benzene rings is 2. The third kappa shape index (κ3) is 6.32. The number of hydrogen-bond acceptors (Lipinski definition) is 3. The van der Waals surface area contributed by atoms with Crippen LogP contribution in [0.2, 0.25) is 5.02 Å². The van der Waals surface area contributed by atoms with Gasteiger partial charge in [0.1, 0.15) is 0 Å². The third-order valence-electron chi connectivity index (χ3n) is 3.29. The molecule has 25 heavy (non-hydrogen) atoms. The van der Waals surface area contributed by atoms with Gasteiger partial charge in [-0.05, 0) is 52.7 Å². The molecule has 0 aliphatic rings. The molecule has 2 amide bonds. The Kier molecular flexibility index (Phi) is 7.16. The summed E-state index contributed by atoms with van der Waals surface area (Å²) in [4.78, 5) is 24.0. The number of halogens is 2. The number of carbonyl (C=O) groups excluding carboxylic acids is 2. The Morgan fingerprint density at radius 2 is 1.80 bits per heavy atom. The summed E-state index contributed by atoms with van der Waals surface area (Å²) in [6.07, 6.45) is 0.101. The van der Waals surface area contributed by atoms with Crippen molar-refractivity contribution in [3.8, 4) is 0 Å². The van der Waals surface area contributed by atoms with Gasteiger partial charge in [-0.1, -0.05) is 35.9 Å². The molecule has 2 N–H and O–H groups in total. The molecule has 2 rings (SSSR count). The van der Waals surface area contributed by atoms with E-state index in [-0.39, 0.29) is 18.2 Å². The molecule has 0 bridgehead atoms. The minimum absolute atomic E-state index is 0.101. The van der Waals surface area contributed by atoms with Crippen LogP contribution in [0.15, 0.2) is 58.1 Å². The largest absolute Gasteiger partial charge is 0.352 e. The van der Waals surface area contributed by atoms with Crippen molar-refractivity contribution in [3.05, 3.63) is 69.2 Å². The number of rotatable bonds is 6. The van der Waals surface area contributed by atoms with E-state index in [1.54, 1.807) is 37.3 Å². The van der Waals surface area contributed by atoms with Crippen LogP contribution in [0.25, 0.3) is 0 Å². The van der Waals surface area contributed by atoms with E-state index in [0.717, 1.165) is 5.56 Å². The van der Waals surface area contributed by atoms with E-state index in [0.29, 0.717) is 27.3 Å². The quantitative estimate of drug-likeness (QED) is 0.547. The lowest BCUT2D eigenvalue weighted by atomic mass is 10.2. The highest BCUT2D eigenvalue weighted by molar-refractivity contribution is 9.10. The first kappa shape index (κ1) is 19.1. The lowest BCUT2D eigenvalue weighted by Gasteiger charge is -2.06. The molecule has 0 saturated carbocycles. The van der Waals surface area contributed by atoms with Gasteiger partial charge in [0.2, 0.25) is 5.91 Å². The Hall–Kier alpha value is -2.18. The standard InChI is InChI=1S/C18H17BrClN3O2/c1-12(22-23-18(25)15-4-2-3-5-16(15)19)10-17(24)21-11-13-6-8-14(20)9-7-13/h2-9H,10-11H2,1H3,(H,21,24)(H,23,25)/b22-12+. The Labute approximate surface area is 159 Å². The molecule has 0 atom stereocenters. The molecule has 2 aromatic carbocycles. The number of carbonyl (C=O) groups is 2. The molecule has 2 aromatic rings. The SMILES string of the molecule is C/C(CC(=O)NCc1ccc(Cl)cc1)=N\NC(=O)c1ccccc1Br. The van der Waals surface area contributed by atoms with Crippen molar-refractivity contribution in [2.24, 2.45) is 5.10 Å². The number of nitrogens with one attached hydrogen (secondary N) is 2. The van der Waals surface area contributed by atoms with Gasteiger partial charge in [0.15, 0.2) is 0 Å². The first-order valence-corrected chi connectivity index (χ1v) is 8.72. The second kappa shape index (κ2) is 9.34. The Morgan fingerprint density at radius 1 is 1.12 bits per heavy atom. The normalized spacial score (nSPS) is 11.1. The van der Waals surface area contributed by atoms with Crippen molar-refractivity contribution in [2.45, 2.75) is 19.9 Å².